The van der Waals surface area contributed by atoms with Crippen LogP contribution in [-0.4, -0.2) is 97.1 Å². The van der Waals surface area contributed by atoms with Crippen molar-refractivity contribution < 1.29 is 38.2 Å². The smallest absolute Gasteiger partial charge is 0.409 e. The lowest BCUT2D eigenvalue weighted by atomic mass is 10.1. The first kappa shape index (κ1) is 32.7. The highest BCUT2D eigenvalue weighted by Crippen LogP contribution is 2.25. The van der Waals surface area contributed by atoms with Crippen molar-refractivity contribution in [3.05, 3.63) is 71.9 Å². The summed E-state index contributed by atoms with van der Waals surface area (Å²) < 4.78 is 15.6. The van der Waals surface area contributed by atoms with E-state index in [0.29, 0.717) is 17.4 Å². The van der Waals surface area contributed by atoms with Gasteiger partial charge in [-0.05, 0) is 31.0 Å². The second-order valence-electron chi connectivity index (χ2n) is 10.2. The topological polar surface area (TPSA) is 156 Å². The minimum atomic E-state index is -1.06. The van der Waals surface area contributed by atoms with Crippen molar-refractivity contribution in [3.63, 3.8) is 0 Å². The van der Waals surface area contributed by atoms with Gasteiger partial charge in [-0.1, -0.05) is 42.5 Å². The van der Waals surface area contributed by atoms with E-state index >= 15 is 0 Å². The van der Waals surface area contributed by atoms with E-state index in [2.05, 4.69) is 15.6 Å². The fraction of sp³-hybridized carbons (Fsp3) is 0.375. The predicted molar refractivity (Wildman–Crippen MR) is 163 cm³/mol. The molecule has 4 rings (SSSR count). The molecule has 1 unspecified atom stereocenters. The summed E-state index contributed by atoms with van der Waals surface area (Å²) >= 11 is 0. The quantitative estimate of drug-likeness (QED) is 0.290. The lowest BCUT2D eigenvalue weighted by Crippen LogP contribution is -2.56. The Morgan fingerprint density at radius 1 is 0.933 bits per heavy atom. The lowest BCUT2D eigenvalue weighted by Gasteiger charge is -2.36. The van der Waals surface area contributed by atoms with Crippen molar-refractivity contribution in [3.8, 4) is 5.75 Å². The standard InChI is InChI=1S/C32H37N5O8/c1-3-44-32(42)37-17-15-36(16-18-37)31(41)25(13-14-29(39)43-2)35-30(40)26-19-27(23-11-7-8-12-24(23)34-26)45-21-28(38)33-20-22-9-5-4-6-10-22/h4-12,19,25H,3,13-18,20-21H2,1-2H3,(H,33,38)(H,35,40). The molecule has 1 fully saturated rings. The number of pyridine rings is 1. The van der Waals surface area contributed by atoms with E-state index in [0.717, 1.165) is 5.56 Å². The van der Waals surface area contributed by atoms with E-state index in [1.54, 1.807) is 31.2 Å². The molecule has 0 bridgehead atoms. The van der Waals surface area contributed by atoms with Crippen LogP contribution < -0.4 is 15.4 Å². The Hall–Kier alpha value is -5.20. The number of methoxy groups -OCH3 is 1. The number of carbonyl (C=O) groups excluding carboxylic acids is 5. The Bertz CT molecular complexity index is 1510. The third kappa shape index (κ3) is 9.15. The third-order valence-corrected chi connectivity index (χ3v) is 7.19. The molecule has 4 amide bonds. The number of piperazine rings is 1. The monoisotopic (exact) mass is 619 g/mol. The van der Waals surface area contributed by atoms with Crippen molar-refractivity contribution >= 4 is 40.7 Å². The second kappa shape index (κ2) is 16.0. The molecule has 1 aromatic heterocycles. The highest BCUT2D eigenvalue weighted by Gasteiger charge is 2.31. The molecule has 3 aromatic rings. The Labute approximate surface area is 260 Å². The SMILES string of the molecule is CCOC(=O)N1CCN(C(=O)C(CCC(=O)OC)NC(=O)c2cc(OCC(=O)NCc3ccccc3)c3ccccc3n2)CC1. The van der Waals surface area contributed by atoms with Gasteiger partial charge < -0.3 is 34.6 Å². The van der Waals surface area contributed by atoms with Gasteiger partial charge in [-0.2, -0.15) is 0 Å². The van der Waals surface area contributed by atoms with Gasteiger partial charge in [0.05, 0.1) is 19.2 Å². The third-order valence-electron chi connectivity index (χ3n) is 7.19. The maximum absolute atomic E-state index is 13.5. The second-order valence-corrected chi connectivity index (χ2v) is 10.2. The molecule has 1 aliphatic rings. The van der Waals surface area contributed by atoms with Gasteiger partial charge in [-0.25, -0.2) is 9.78 Å². The normalized spacial score (nSPS) is 13.5. The number of fused-ring (bicyclic) bond motifs is 1. The zero-order valence-electron chi connectivity index (χ0n) is 25.3. The first-order chi connectivity index (χ1) is 21.8. The Morgan fingerprint density at radius 3 is 2.33 bits per heavy atom. The lowest BCUT2D eigenvalue weighted by molar-refractivity contribution is -0.141. The number of aromatic nitrogens is 1. The van der Waals surface area contributed by atoms with E-state index < -0.39 is 29.9 Å². The van der Waals surface area contributed by atoms with Crippen LogP contribution in [0.2, 0.25) is 0 Å². The van der Waals surface area contributed by atoms with E-state index in [-0.39, 0.29) is 69.6 Å². The minimum Gasteiger partial charge on any atom is -0.483 e. The number of para-hydroxylation sites is 1. The molecule has 13 nitrogen and oxygen atoms in total. The number of carbonyl (C=O) groups is 5. The largest absolute Gasteiger partial charge is 0.483 e. The van der Waals surface area contributed by atoms with Gasteiger partial charge in [0.2, 0.25) is 5.91 Å². The maximum Gasteiger partial charge on any atom is 0.409 e. The molecule has 2 heterocycles. The van der Waals surface area contributed by atoms with Crippen LogP contribution in [0.4, 0.5) is 4.79 Å². The van der Waals surface area contributed by atoms with Gasteiger partial charge in [0.1, 0.15) is 17.5 Å². The molecule has 2 N–H and O–H groups in total. The van der Waals surface area contributed by atoms with Gasteiger partial charge in [0.15, 0.2) is 6.61 Å². The molecular formula is C32H37N5O8. The van der Waals surface area contributed by atoms with Crippen molar-refractivity contribution in [2.75, 3.05) is 46.5 Å². The van der Waals surface area contributed by atoms with E-state index in [4.69, 9.17) is 14.2 Å². The molecule has 0 aliphatic carbocycles. The summed E-state index contributed by atoms with van der Waals surface area (Å²) in [6.45, 7) is 3.03. The highest BCUT2D eigenvalue weighted by atomic mass is 16.6. The number of ether oxygens (including phenoxy) is 3. The van der Waals surface area contributed by atoms with Crippen molar-refractivity contribution in [1.82, 2.24) is 25.4 Å². The van der Waals surface area contributed by atoms with Crippen LogP contribution in [0.3, 0.4) is 0 Å². The molecular weight excluding hydrogens is 582 g/mol. The molecule has 0 saturated carbocycles. The molecule has 1 aliphatic heterocycles. The minimum absolute atomic E-state index is 0.00609. The summed E-state index contributed by atoms with van der Waals surface area (Å²) in [5, 5.41) is 6.12. The Morgan fingerprint density at radius 2 is 1.62 bits per heavy atom. The molecule has 0 spiro atoms. The summed E-state index contributed by atoms with van der Waals surface area (Å²) in [5.41, 5.74) is 1.37. The summed E-state index contributed by atoms with van der Waals surface area (Å²) in [7, 11) is 1.24. The van der Waals surface area contributed by atoms with E-state index in [1.165, 1.54) is 23.0 Å². The number of hydrogen-bond donors (Lipinski definition) is 2. The van der Waals surface area contributed by atoms with Gasteiger partial charge in [-0.15, -0.1) is 0 Å². The first-order valence-corrected chi connectivity index (χ1v) is 14.7. The molecule has 1 atom stereocenters. The number of amides is 4. The predicted octanol–water partition coefficient (Wildman–Crippen LogP) is 2.28. The number of esters is 1. The number of nitrogens with one attached hydrogen (secondary N) is 2. The molecule has 13 heteroatoms. The zero-order chi connectivity index (χ0) is 32.2. The van der Waals surface area contributed by atoms with Crippen LogP contribution in [0.15, 0.2) is 60.7 Å². The Balaban J connectivity index is 1.46. The van der Waals surface area contributed by atoms with Gasteiger partial charge >= 0.3 is 12.1 Å². The van der Waals surface area contributed by atoms with Crippen LogP contribution in [0.25, 0.3) is 10.9 Å². The average Bonchev–Trinajstić information content (AvgIpc) is 3.07. The van der Waals surface area contributed by atoms with Gasteiger partial charge in [0.25, 0.3) is 11.8 Å². The summed E-state index contributed by atoms with van der Waals surface area (Å²) in [5.74, 6) is -1.66. The average molecular weight is 620 g/mol. The summed E-state index contributed by atoms with van der Waals surface area (Å²) in [6.07, 6.45) is -0.559. The highest BCUT2D eigenvalue weighted by molar-refractivity contribution is 5.99. The van der Waals surface area contributed by atoms with E-state index in [1.807, 2.05) is 30.3 Å². The molecule has 238 valence electrons. The van der Waals surface area contributed by atoms with Crippen molar-refractivity contribution in [2.45, 2.75) is 32.4 Å². The zero-order valence-corrected chi connectivity index (χ0v) is 25.3. The summed E-state index contributed by atoms with van der Waals surface area (Å²) in [6, 6.07) is 16.8. The molecule has 0 radical (unpaired) electrons. The van der Waals surface area contributed by atoms with Gasteiger partial charge in [-0.3, -0.25) is 19.2 Å². The van der Waals surface area contributed by atoms with Crippen LogP contribution in [0, 0.1) is 0 Å². The fourth-order valence-corrected chi connectivity index (χ4v) is 4.77. The number of benzene rings is 2. The molecule has 45 heavy (non-hydrogen) atoms. The van der Waals surface area contributed by atoms with Crippen LogP contribution in [0.1, 0.15) is 35.8 Å². The molecule has 2 aromatic carbocycles. The number of hydrogen-bond acceptors (Lipinski definition) is 9. The van der Waals surface area contributed by atoms with Gasteiger partial charge in [0, 0.05) is 50.6 Å². The Kier molecular flexibility index (Phi) is 11.7. The van der Waals surface area contributed by atoms with Crippen molar-refractivity contribution in [2.24, 2.45) is 0 Å². The maximum atomic E-state index is 13.5. The van der Waals surface area contributed by atoms with E-state index in [9.17, 15) is 24.0 Å². The first-order valence-electron chi connectivity index (χ1n) is 14.7. The van der Waals surface area contributed by atoms with Crippen LogP contribution in [-0.2, 0) is 30.4 Å². The molecule has 1 saturated heterocycles. The number of rotatable bonds is 12. The van der Waals surface area contributed by atoms with Crippen LogP contribution >= 0.6 is 0 Å². The summed E-state index contributed by atoms with van der Waals surface area (Å²) in [4.78, 5) is 71.0. The van der Waals surface area contributed by atoms with Crippen LogP contribution in [0.5, 0.6) is 5.75 Å². The van der Waals surface area contributed by atoms with Crippen molar-refractivity contribution in [1.29, 1.82) is 0 Å². The fourth-order valence-electron chi connectivity index (χ4n) is 4.77. The number of nitrogens with zero attached hydrogens (tertiary/aromatic N) is 3.